The molecule has 0 aliphatic heterocycles. The molecule has 0 spiro atoms. The van der Waals surface area contributed by atoms with Crippen molar-refractivity contribution in [1.29, 1.82) is 0 Å². The molecule has 0 bridgehead atoms. The fourth-order valence-electron chi connectivity index (χ4n) is 2.16. The van der Waals surface area contributed by atoms with E-state index in [-0.39, 0.29) is 24.4 Å². The minimum atomic E-state index is -0.148. The van der Waals surface area contributed by atoms with E-state index in [9.17, 15) is 9.59 Å². The molecule has 0 aliphatic rings. The van der Waals surface area contributed by atoms with Crippen LogP contribution >= 0.6 is 0 Å². The third kappa shape index (κ3) is 7.02. The molecule has 1 rings (SSSR count). The van der Waals surface area contributed by atoms with Gasteiger partial charge in [0.1, 0.15) is 5.75 Å². The minimum absolute atomic E-state index is 0.0635. The topological polar surface area (TPSA) is 58.6 Å². The number of benzene rings is 1. The number of likely N-dealkylation sites (N-methyl/N-ethyl adjacent to an activating group) is 1. The monoisotopic (exact) mass is 334 g/mol. The number of nitrogens with zero attached hydrogens (tertiary/aromatic N) is 1. The van der Waals surface area contributed by atoms with Gasteiger partial charge in [0, 0.05) is 18.2 Å². The van der Waals surface area contributed by atoms with Gasteiger partial charge in [-0.05, 0) is 57.4 Å². The molecule has 0 saturated carbocycles. The standard InChI is InChI=1S/C19H30N2O3/c1-6-21(13-18(22)20-15(4)5)19(23)16-7-9-17(10-8-16)24-12-11-14(2)3/h7-10,14-15H,6,11-13H2,1-5H3,(H,20,22). The van der Waals surface area contributed by atoms with E-state index in [1.54, 1.807) is 24.3 Å². The van der Waals surface area contributed by atoms with Gasteiger partial charge in [-0.3, -0.25) is 9.59 Å². The van der Waals surface area contributed by atoms with Crippen LogP contribution in [0.25, 0.3) is 0 Å². The summed E-state index contributed by atoms with van der Waals surface area (Å²) in [5, 5.41) is 2.80. The molecule has 5 nitrogen and oxygen atoms in total. The van der Waals surface area contributed by atoms with E-state index >= 15 is 0 Å². The lowest BCUT2D eigenvalue weighted by Gasteiger charge is -2.21. The van der Waals surface area contributed by atoms with Crippen molar-refractivity contribution in [2.45, 2.75) is 47.1 Å². The second-order valence-electron chi connectivity index (χ2n) is 6.60. The van der Waals surface area contributed by atoms with E-state index in [0.717, 1.165) is 12.2 Å². The summed E-state index contributed by atoms with van der Waals surface area (Å²) >= 11 is 0. The van der Waals surface area contributed by atoms with Crippen LogP contribution in [-0.2, 0) is 4.79 Å². The van der Waals surface area contributed by atoms with Gasteiger partial charge in [-0.2, -0.15) is 0 Å². The summed E-state index contributed by atoms with van der Waals surface area (Å²) in [6.07, 6.45) is 0.995. The van der Waals surface area contributed by atoms with E-state index < -0.39 is 0 Å². The second kappa shape index (κ2) is 9.96. The first-order chi connectivity index (χ1) is 11.3. The summed E-state index contributed by atoms with van der Waals surface area (Å²) < 4.78 is 5.66. The average Bonchev–Trinajstić information content (AvgIpc) is 2.51. The van der Waals surface area contributed by atoms with Crippen LogP contribution < -0.4 is 10.1 Å². The molecule has 5 heteroatoms. The predicted octanol–water partition coefficient (Wildman–Crippen LogP) is 3.10. The van der Waals surface area contributed by atoms with E-state index in [1.807, 2.05) is 20.8 Å². The molecular formula is C19H30N2O3. The van der Waals surface area contributed by atoms with Gasteiger partial charge >= 0.3 is 0 Å². The average molecular weight is 334 g/mol. The van der Waals surface area contributed by atoms with Gasteiger partial charge in [0.25, 0.3) is 5.91 Å². The molecule has 1 aromatic rings. The van der Waals surface area contributed by atoms with Crippen molar-refractivity contribution >= 4 is 11.8 Å². The van der Waals surface area contributed by atoms with Crippen molar-refractivity contribution in [1.82, 2.24) is 10.2 Å². The van der Waals surface area contributed by atoms with Gasteiger partial charge in [-0.1, -0.05) is 13.8 Å². The van der Waals surface area contributed by atoms with E-state index in [1.165, 1.54) is 4.90 Å². The summed E-state index contributed by atoms with van der Waals surface area (Å²) in [7, 11) is 0. The highest BCUT2D eigenvalue weighted by Crippen LogP contribution is 2.15. The maximum Gasteiger partial charge on any atom is 0.254 e. The van der Waals surface area contributed by atoms with Crippen molar-refractivity contribution in [3.8, 4) is 5.75 Å². The molecule has 0 atom stereocenters. The van der Waals surface area contributed by atoms with Crippen molar-refractivity contribution in [2.75, 3.05) is 19.7 Å². The highest BCUT2D eigenvalue weighted by molar-refractivity contribution is 5.96. The lowest BCUT2D eigenvalue weighted by Crippen LogP contribution is -2.42. The number of amides is 2. The quantitative estimate of drug-likeness (QED) is 0.755. The van der Waals surface area contributed by atoms with Gasteiger partial charge in [0.05, 0.1) is 13.2 Å². The third-order valence-corrected chi connectivity index (χ3v) is 3.52. The van der Waals surface area contributed by atoms with Crippen LogP contribution in [0.3, 0.4) is 0 Å². The Labute approximate surface area is 145 Å². The normalized spacial score (nSPS) is 10.8. The largest absolute Gasteiger partial charge is 0.494 e. The van der Waals surface area contributed by atoms with Gasteiger partial charge in [0.2, 0.25) is 5.91 Å². The SMILES string of the molecule is CCN(CC(=O)NC(C)C)C(=O)c1ccc(OCCC(C)C)cc1. The lowest BCUT2D eigenvalue weighted by atomic mass is 10.1. The summed E-state index contributed by atoms with van der Waals surface area (Å²) in [4.78, 5) is 25.9. The molecule has 0 heterocycles. The van der Waals surface area contributed by atoms with E-state index in [0.29, 0.717) is 24.6 Å². The zero-order valence-corrected chi connectivity index (χ0v) is 15.5. The van der Waals surface area contributed by atoms with Crippen LogP contribution in [0.15, 0.2) is 24.3 Å². The second-order valence-corrected chi connectivity index (χ2v) is 6.60. The Balaban J connectivity index is 2.63. The third-order valence-electron chi connectivity index (χ3n) is 3.52. The van der Waals surface area contributed by atoms with Gasteiger partial charge in [-0.15, -0.1) is 0 Å². The first-order valence-electron chi connectivity index (χ1n) is 8.65. The first kappa shape index (κ1) is 20.0. The molecule has 2 amide bonds. The molecule has 1 aromatic carbocycles. The Hall–Kier alpha value is -2.04. The van der Waals surface area contributed by atoms with Crippen LogP contribution in [0.4, 0.5) is 0 Å². The number of ether oxygens (including phenoxy) is 1. The minimum Gasteiger partial charge on any atom is -0.494 e. The molecular weight excluding hydrogens is 304 g/mol. The van der Waals surface area contributed by atoms with Gasteiger partial charge in [-0.25, -0.2) is 0 Å². The molecule has 0 aromatic heterocycles. The smallest absolute Gasteiger partial charge is 0.254 e. The van der Waals surface area contributed by atoms with Crippen LogP contribution in [0.1, 0.15) is 51.4 Å². The highest BCUT2D eigenvalue weighted by atomic mass is 16.5. The Morgan fingerprint density at radius 3 is 2.25 bits per heavy atom. The van der Waals surface area contributed by atoms with Crippen LogP contribution in [0.5, 0.6) is 5.75 Å². The predicted molar refractivity (Wildman–Crippen MR) is 96.2 cm³/mol. The summed E-state index contributed by atoms with van der Waals surface area (Å²) in [5.74, 6) is 1.06. The van der Waals surface area contributed by atoms with E-state index in [4.69, 9.17) is 4.74 Å². The Bertz CT molecular complexity index is 524. The fourth-order valence-corrected chi connectivity index (χ4v) is 2.16. The molecule has 0 saturated heterocycles. The highest BCUT2D eigenvalue weighted by Gasteiger charge is 2.17. The number of carbonyl (C=O) groups is 2. The molecule has 24 heavy (non-hydrogen) atoms. The zero-order chi connectivity index (χ0) is 18.1. The number of hydrogen-bond acceptors (Lipinski definition) is 3. The van der Waals surface area contributed by atoms with Crippen molar-refractivity contribution in [3.63, 3.8) is 0 Å². The first-order valence-corrected chi connectivity index (χ1v) is 8.65. The number of carbonyl (C=O) groups excluding carboxylic acids is 2. The Kier molecular flexibility index (Phi) is 8.30. The zero-order valence-electron chi connectivity index (χ0n) is 15.5. The Morgan fingerprint density at radius 1 is 1.12 bits per heavy atom. The maximum absolute atomic E-state index is 12.5. The van der Waals surface area contributed by atoms with E-state index in [2.05, 4.69) is 19.2 Å². The summed E-state index contributed by atoms with van der Waals surface area (Å²) in [5.41, 5.74) is 0.561. The van der Waals surface area contributed by atoms with Gasteiger partial charge < -0.3 is 15.0 Å². The molecule has 134 valence electrons. The fraction of sp³-hybridized carbons (Fsp3) is 0.579. The van der Waals surface area contributed by atoms with Crippen molar-refractivity contribution < 1.29 is 14.3 Å². The molecule has 1 N–H and O–H groups in total. The lowest BCUT2D eigenvalue weighted by molar-refractivity contribution is -0.122. The molecule has 0 unspecified atom stereocenters. The number of nitrogens with one attached hydrogen (secondary N) is 1. The van der Waals surface area contributed by atoms with Crippen molar-refractivity contribution in [3.05, 3.63) is 29.8 Å². The number of rotatable bonds is 9. The maximum atomic E-state index is 12.5. The molecule has 0 aliphatic carbocycles. The van der Waals surface area contributed by atoms with Crippen molar-refractivity contribution in [2.24, 2.45) is 5.92 Å². The summed E-state index contributed by atoms with van der Waals surface area (Å²) in [6, 6.07) is 7.16. The number of hydrogen-bond donors (Lipinski definition) is 1. The molecule has 0 fully saturated rings. The van der Waals surface area contributed by atoms with Crippen LogP contribution in [-0.4, -0.2) is 42.5 Å². The summed E-state index contributed by atoms with van der Waals surface area (Å²) in [6.45, 7) is 11.2. The Morgan fingerprint density at radius 2 is 1.75 bits per heavy atom. The molecule has 0 radical (unpaired) electrons. The van der Waals surface area contributed by atoms with Gasteiger partial charge in [0.15, 0.2) is 0 Å². The van der Waals surface area contributed by atoms with Crippen LogP contribution in [0, 0.1) is 5.92 Å². The van der Waals surface area contributed by atoms with Crippen LogP contribution in [0.2, 0.25) is 0 Å².